The number of benzene rings is 3. The van der Waals surface area contributed by atoms with Crippen LogP contribution in [0.15, 0.2) is 66.2 Å². The van der Waals surface area contributed by atoms with Crippen LogP contribution in [0.3, 0.4) is 0 Å². The topological polar surface area (TPSA) is 48.0 Å². The van der Waals surface area contributed by atoms with Crippen molar-refractivity contribution >= 4 is 39.4 Å². The van der Waals surface area contributed by atoms with Crippen LogP contribution in [-0.4, -0.2) is 10.4 Å². The first kappa shape index (κ1) is 15.9. The van der Waals surface area contributed by atoms with Crippen molar-refractivity contribution in [2.45, 2.75) is 19.9 Å². The number of carbonyl (C=O) groups is 1. The summed E-state index contributed by atoms with van der Waals surface area (Å²) in [5.74, 6) is 0.112. The molecule has 132 valence electrons. The predicted octanol–water partition coefficient (Wildman–Crippen LogP) is 5.22. The number of Topliss-reactive ketones (excluding diaryl/α,β-unsaturated/α-hetero) is 1. The van der Waals surface area contributed by atoms with Gasteiger partial charge in [-0.2, -0.15) is 0 Å². The van der Waals surface area contributed by atoms with Gasteiger partial charge in [0.1, 0.15) is 0 Å². The van der Waals surface area contributed by atoms with Gasteiger partial charge in [0, 0.05) is 51.6 Å². The minimum Gasteiger partial charge on any atom is -0.399 e. The standard InChI is InChI=1S/C24H20N2O/c1-2-26-22-6-4-3-5-20(22)21-12-15(7-10-23(21)26)11-17-13-16-14-18(25)8-9-19(16)24(17)27/h3-12,14H,2,13,25H2,1H3/b17-11+. The Morgan fingerprint density at radius 2 is 1.81 bits per heavy atom. The Kier molecular flexibility index (Phi) is 3.44. The highest BCUT2D eigenvalue weighted by molar-refractivity contribution is 6.16. The summed E-state index contributed by atoms with van der Waals surface area (Å²) >= 11 is 0. The molecule has 0 unspecified atom stereocenters. The second-order valence-corrected chi connectivity index (χ2v) is 7.13. The molecule has 0 saturated carbocycles. The quantitative estimate of drug-likeness (QED) is 0.397. The molecule has 1 aliphatic carbocycles. The second-order valence-electron chi connectivity index (χ2n) is 7.13. The smallest absolute Gasteiger partial charge is 0.189 e. The summed E-state index contributed by atoms with van der Waals surface area (Å²) in [7, 11) is 0. The van der Waals surface area contributed by atoms with E-state index >= 15 is 0 Å². The third-order valence-electron chi connectivity index (χ3n) is 5.50. The van der Waals surface area contributed by atoms with Crippen LogP contribution >= 0.6 is 0 Å². The number of hydrogen-bond donors (Lipinski definition) is 1. The lowest BCUT2D eigenvalue weighted by molar-refractivity contribution is 0.104. The van der Waals surface area contributed by atoms with Crippen molar-refractivity contribution in [3.63, 3.8) is 0 Å². The number of ketones is 1. The number of aryl methyl sites for hydroxylation is 1. The Morgan fingerprint density at radius 3 is 2.67 bits per heavy atom. The van der Waals surface area contributed by atoms with Gasteiger partial charge >= 0.3 is 0 Å². The van der Waals surface area contributed by atoms with Crippen LogP contribution in [0, 0.1) is 0 Å². The van der Waals surface area contributed by atoms with Crippen molar-refractivity contribution in [2.75, 3.05) is 5.73 Å². The zero-order chi connectivity index (χ0) is 18.5. The van der Waals surface area contributed by atoms with Gasteiger partial charge in [-0.15, -0.1) is 0 Å². The second kappa shape index (κ2) is 5.85. The number of rotatable bonds is 2. The van der Waals surface area contributed by atoms with Crippen molar-refractivity contribution in [1.82, 2.24) is 4.57 Å². The number of nitrogens with two attached hydrogens (primary N) is 1. The van der Waals surface area contributed by atoms with Gasteiger partial charge in [0.2, 0.25) is 0 Å². The molecule has 1 heterocycles. The first-order valence-electron chi connectivity index (χ1n) is 9.30. The molecule has 0 atom stereocenters. The van der Waals surface area contributed by atoms with Crippen molar-refractivity contribution in [3.8, 4) is 0 Å². The Labute approximate surface area is 157 Å². The number of nitrogen functional groups attached to an aromatic ring is 1. The van der Waals surface area contributed by atoms with Gasteiger partial charge in [-0.1, -0.05) is 24.3 Å². The summed E-state index contributed by atoms with van der Waals surface area (Å²) in [6.07, 6.45) is 2.67. The molecule has 2 N–H and O–H groups in total. The molecule has 3 aromatic carbocycles. The molecule has 3 nitrogen and oxygen atoms in total. The third-order valence-corrected chi connectivity index (χ3v) is 5.50. The lowest BCUT2D eigenvalue weighted by Gasteiger charge is -2.03. The maximum atomic E-state index is 12.7. The van der Waals surface area contributed by atoms with Gasteiger partial charge in [0.05, 0.1) is 0 Å². The number of hydrogen-bond acceptors (Lipinski definition) is 2. The van der Waals surface area contributed by atoms with Gasteiger partial charge < -0.3 is 10.3 Å². The SMILES string of the molecule is CCn1c2ccccc2c2cc(/C=C3\Cc4cc(N)ccc4C3=O)ccc21. The molecule has 5 rings (SSSR count). The number of fused-ring (bicyclic) bond motifs is 4. The lowest BCUT2D eigenvalue weighted by atomic mass is 10.0. The molecule has 4 aromatic rings. The molecule has 0 radical (unpaired) electrons. The van der Waals surface area contributed by atoms with Crippen LogP contribution in [0.4, 0.5) is 5.69 Å². The molecule has 0 amide bonds. The van der Waals surface area contributed by atoms with E-state index in [-0.39, 0.29) is 5.78 Å². The van der Waals surface area contributed by atoms with E-state index < -0.39 is 0 Å². The van der Waals surface area contributed by atoms with Crippen LogP contribution in [0.25, 0.3) is 27.9 Å². The van der Waals surface area contributed by atoms with Crippen molar-refractivity contribution in [2.24, 2.45) is 0 Å². The third kappa shape index (κ3) is 2.39. The average molecular weight is 352 g/mol. The highest BCUT2D eigenvalue weighted by Gasteiger charge is 2.24. The largest absolute Gasteiger partial charge is 0.399 e. The van der Waals surface area contributed by atoms with E-state index in [0.29, 0.717) is 12.1 Å². The fraction of sp³-hybridized carbons (Fsp3) is 0.125. The van der Waals surface area contributed by atoms with Gasteiger partial charge in [0.15, 0.2) is 5.78 Å². The maximum Gasteiger partial charge on any atom is 0.189 e. The lowest BCUT2D eigenvalue weighted by Crippen LogP contribution is -1.95. The normalized spacial score (nSPS) is 15.1. The predicted molar refractivity (Wildman–Crippen MR) is 112 cm³/mol. The number of para-hydroxylation sites is 1. The van der Waals surface area contributed by atoms with Crippen LogP contribution in [0.1, 0.15) is 28.4 Å². The van der Waals surface area contributed by atoms with Crippen LogP contribution in [-0.2, 0) is 13.0 Å². The summed E-state index contributed by atoms with van der Waals surface area (Å²) < 4.78 is 2.33. The van der Waals surface area contributed by atoms with Crippen molar-refractivity contribution in [1.29, 1.82) is 0 Å². The summed E-state index contributed by atoms with van der Waals surface area (Å²) in [5, 5.41) is 2.48. The van der Waals surface area contributed by atoms with E-state index in [9.17, 15) is 4.79 Å². The number of anilines is 1. The first-order valence-corrected chi connectivity index (χ1v) is 9.30. The molecular formula is C24H20N2O. The molecule has 0 aliphatic heterocycles. The number of nitrogens with zero attached hydrogens (tertiary/aromatic N) is 1. The summed E-state index contributed by atoms with van der Waals surface area (Å²) in [6, 6.07) is 20.5. The van der Waals surface area contributed by atoms with E-state index in [4.69, 9.17) is 5.73 Å². The summed E-state index contributed by atoms with van der Waals surface area (Å²) in [5.41, 5.74) is 12.7. The van der Waals surface area contributed by atoms with E-state index in [1.807, 2.05) is 18.2 Å². The summed E-state index contributed by atoms with van der Waals surface area (Å²) in [6.45, 7) is 3.10. The number of aromatic nitrogens is 1. The van der Waals surface area contributed by atoms with Crippen LogP contribution in [0.5, 0.6) is 0 Å². The van der Waals surface area contributed by atoms with E-state index in [1.54, 1.807) is 6.07 Å². The van der Waals surface area contributed by atoms with Gasteiger partial charge in [-0.05, 0) is 60.5 Å². The zero-order valence-corrected chi connectivity index (χ0v) is 15.2. The van der Waals surface area contributed by atoms with E-state index in [1.165, 1.54) is 21.8 Å². The Balaban J connectivity index is 1.64. The highest BCUT2D eigenvalue weighted by Crippen LogP contribution is 2.32. The van der Waals surface area contributed by atoms with E-state index in [0.717, 1.165) is 28.8 Å². The minimum absolute atomic E-state index is 0.112. The molecule has 1 aromatic heterocycles. The Morgan fingerprint density at radius 1 is 1.00 bits per heavy atom. The van der Waals surface area contributed by atoms with Crippen LogP contribution in [0.2, 0.25) is 0 Å². The molecule has 0 saturated heterocycles. The molecule has 0 fully saturated rings. The van der Waals surface area contributed by atoms with Crippen molar-refractivity contribution < 1.29 is 4.79 Å². The van der Waals surface area contributed by atoms with E-state index in [2.05, 4.69) is 54.0 Å². The zero-order valence-electron chi connectivity index (χ0n) is 15.2. The molecule has 27 heavy (non-hydrogen) atoms. The van der Waals surface area contributed by atoms with Gasteiger partial charge in [0.25, 0.3) is 0 Å². The molecular weight excluding hydrogens is 332 g/mol. The fourth-order valence-corrected chi connectivity index (χ4v) is 4.26. The molecule has 0 spiro atoms. The van der Waals surface area contributed by atoms with Gasteiger partial charge in [-0.25, -0.2) is 0 Å². The maximum absolute atomic E-state index is 12.7. The molecule has 0 bridgehead atoms. The first-order chi connectivity index (χ1) is 13.2. The summed E-state index contributed by atoms with van der Waals surface area (Å²) in [4.78, 5) is 12.7. The fourth-order valence-electron chi connectivity index (χ4n) is 4.26. The van der Waals surface area contributed by atoms with Crippen LogP contribution < -0.4 is 5.73 Å². The average Bonchev–Trinajstić information content (AvgIpc) is 3.16. The number of carbonyl (C=O) groups excluding carboxylic acids is 1. The Bertz CT molecular complexity index is 1260. The van der Waals surface area contributed by atoms with Crippen molar-refractivity contribution in [3.05, 3.63) is 82.9 Å². The minimum atomic E-state index is 0.112. The highest BCUT2D eigenvalue weighted by atomic mass is 16.1. The Hall–Kier alpha value is -3.33. The molecule has 3 heteroatoms. The number of allylic oxidation sites excluding steroid dienone is 1. The van der Waals surface area contributed by atoms with Gasteiger partial charge in [-0.3, -0.25) is 4.79 Å². The molecule has 1 aliphatic rings. The monoisotopic (exact) mass is 352 g/mol.